The van der Waals surface area contributed by atoms with Crippen molar-refractivity contribution in [2.75, 3.05) is 19.6 Å². The van der Waals surface area contributed by atoms with Gasteiger partial charge in [-0.05, 0) is 37.3 Å². The van der Waals surface area contributed by atoms with Crippen LogP contribution in [0.1, 0.15) is 25.2 Å². The van der Waals surface area contributed by atoms with E-state index in [0.717, 1.165) is 28.4 Å². The molecule has 0 aliphatic carbocycles. The van der Waals surface area contributed by atoms with Gasteiger partial charge in [-0.25, -0.2) is 0 Å². The van der Waals surface area contributed by atoms with Crippen molar-refractivity contribution in [1.82, 2.24) is 15.1 Å². The fraction of sp³-hybridized carbons (Fsp3) is 0.533. The molecule has 3 aliphatic rings. The number of fused-ring (bicyclic) bond motifs is 3. The Bertz CT molecular complexity index is 573. The van der Waals surface area contributed by atoms with Crippen molar-refractivity contribution >= 4 is 0 Å². The molecule has 5 heteroatoms. The molecule has 2 aromatic heterocycles. The van der Waals surface area contributed by atoms with Gasteiger partial charge in [-0.3, -0.25) is 4.98 Å². The molecule has 0 amide bonds. The maximum atomic E-state index is 5.47. The molecule has 0 saturated carbocycles. The van der Waals surface area contributed by atoms with Crippen molar-refractivity contribution in [1.29, 1.82) is 0 Å². The largest absolute Gasteiger partial charge is 0.333 e. The number of piperidine rings is 3. The van der Waals surface area contributed by atoms with Gasteiger partial charge in [-0.2, -0.15) is 4.98 Å². The molecule has 20 heavy (non-hydrogen) atoms. The predicted molar refractivity (Wildman–Crippen MR) is 73.4 cm³/mol. The van der Waals surface area contributed by atoms with Gasteiger partial charge in [-0.1, -0.05) is 5.16 Å². The lowest BCUT2D eigenvalue weighted by atomic mass is 9.86. The summed E-state index contributed by atoms with van der Waals surface area (Å²) >= 11 is 0. The van der Waals surface area contributed by atoms with E-state index in [0.29, 0.717) is 5.82 Å². The van der Waals surface area contributed by atoms with E-state index >= 15 is 0 Å². The molecule has 104 valence electrons. The monoisotopic (exact) mass is 271 g/mol. The molecular weight excluding hydrogens is 252 g/mol. The first-order chi connectivity index (χ1) is 9.83. The minimum Gasteiger partial charge on any atom is -0.333 e. The second kappa shape index (κ2) is 4.66. The van der Waals surface area contributed by atoms with E-state index in [1.165, 1.54) is 38.9 Å². The third-order valence-corrected chi connectivity index (χ3v) is 4.91. The van der Waals surface area contributed by atoms with Crippen LogP contribution >= 0.6 is 0 Å². The van der Waals surface area contributed by atoms with Gasteiger partial charge in [0.25, 0.3) is 5.89 Å². The van der Waals surface area contributed by atoms with Gasteiger partial charge in [-0.15, -0.1) is 0 Å². The Labute approximate surface area is 118 Å². The maximum Gasteiger partial charge on any atom is 0.282 e. The normalized spacial score (nSPS) is 28.7. The molecule has 2 bridgehead atoms. The number of hydrogen-bond acceptors (Lipinski definition) is 4. The van der Waals surface area contributed by atoms with Gasteiger partial charge < -0.3 is 9.01 Å². The van der Waals surface area contributed by atoms with E-state index in [-0.39, 0.29) is 0 Å². The highest BCUT2D eigenvalue weighted by molar-refractivity contribution is 5.52. The lowest BCUT2D eigenvalue weighted by molar-refractivity contribution is -0.956. The Hall–Kier alpha value is -1.75. The zero-order chi connectivity index (χ0) is 13.4. The predicted octanol–water partition coefficient (Wildman–Crippen LogP) is 2.26. The van der Waals surface area contributed by atoms with Crippen molar-refractivity contribution in [2.45, 2.75) is 25.8 Å². The van der Waals surface area contributed by atoms with E-state index < -0.39 is 0 Å². The molecule has 0 unspecified atom stereocenters. The Morgan fingerprint density at radius 3 is 2.50 bits per heavy atom. The molecule has 3 saturated heterocycles. The standard InChI is InChI=1S/C15H19N4O/c1-6-16-7-2-13(1)15-17-14(20-18-15)11-19-8-3-12(4-9-19)5-10-19/h1-2,6-7,12H,3-5,8-11H2/q+1. The fourth-order valence-corrected chi connectivity index (χ4v) is 3.60. The topological polar surface area (TPSA) is 51.8 Å². The van der Waals surface area contributed by atoms with Gasteiger partial charge >= 0.3 is 0 Å². The van der Waals surface area contributed by atoms with E-state index in [1.807, 2.05) is 12.1 Å². The smallest absolute Gasteiger partial charge is 0.282 e. The highest BCUT2D eigenvalue weighted by atomic mass is 16.5. The number of pyridine rings is 1. The first-order valence-corrected chi connectivity index (χ1v) is 7.41. The van der Waals surface area contributed by atoms with E-state index in [4.69, 9.17) is 4.52 Å². The first kappa shape index (κ1) is 12.0. The molecule has 5 heterocycles. The number of hydrogen-bond donors (Lipinski definition) is 0. The Morgan fingerprint density at radius 1 is 1.10 bits per heavy atom. The highest BCUT2D eigenvalue weighted by Crippen LogP contribution is 2.35. The lowest BCUT2D eigenvalue weighted by Gasteiger charge is -2.48. The molecule has 0 aromatic carbocycles. The van der Waals surface area contributed by atoms with Crippen LogP contribution in [0.25, 0.3) is 11.4 Å². The summed E-state index contributed by atoms with van der Waals surface area (Å²) in [6.45, 7) is 4.72. The van der Waals surface area contributed by atoms with Crippen LogP contribution in [-0.4, -0.2) is 39.2 Å². The molecule has 0 radical (unpaired) electrons. The summed E-state index contributed by atoms with van der Waals surface area (Å²) in [5, 5.41) is 4.11. The summed E-state index contributed by atoms with van der Waals surface area (Å²) in [6.07, 6.45) is 7.60. The molecule has 0 spiro atoms. The summed E-state index contributed by atoms with van der Waals surface area (Å²) in [6, 6.07) is 3.82. The van der Waals surface area contributed by atoms with Crippen LogP contribution in [0.3, 0.4) is 0 Å². The molecule has 5 rings (SSSR count). The van der Waals surface area contributed by atoms with Crippen LogP contribution in [0.5, 0.6) is 0 Å². The number of aromatic nitrogens is 3. The van der Waals surface area contributed by atoms with Gasteiger partial charge in [0.05, 0.1) is 19.6 Å². The minimum absolute atomic E-state index is 0.674. The molecule has 2 aromatic rings. The van der Waals surface area contributed by atoms with E-state index in [1.54, 1.807) is 12.4 Å². The van der Waals surface area contributed by atoms with E-state index in [9.17, 15) is 0 Å². The maximum absolute atomic E-state index is 5.47. The van der Waals surface area contributed by atoms with Gasteiger partial charge in [0.2, 0.25) is 5.82 Å². The summed E-state index contributed by atoms with van der Waals surface area (Å²) in [4.78, 5) is 8.58. The fourth-order valence-electron chi connectivity index (χ4n) is 3.60. The van der Waals surface area contributed by atoms with Gasteiger partial charge in [0.15, 0.2) is 6.54 Å². The summed E-state index contributed by atoms with van der Waals surface area (Å²) in [5.74, 6) is 2.43. The van der Waals surface area contributed by atoms with Crippen molar-refractivity contribution < 1.29 is 9.01 Å². The second-order valence-corrected chi connectivity index (χ2v) is 6.15. The zero-order valence-corrected chi connectivity index (χ0v) is 11.5. The highest BCUT2D eigenvalue weighted by Gasteiger charge is 2.40. The van der Waals surface area contributed by atoms with E-state index in [2.05, 4.69) is 15.1 Å². The zero-order valence-electron chi connectivity index (χ0n) is 11.5. The lowest BCUT2D eigenvalue weighted by Crippen LogP contribution is -2.57. The average Bonchev–Trinajstić information content (AvgIpc) is 2.98. The van der Waals surface area contributed by atoms with Crippen molar-refractivity contribution in [3.63, 3.8) is 0 Å². The van der Waals surface area contributed by atoms with Crippen molar-refractivity contribution in [3.8, 4) is 11.4 Å². The van der Waals surface area contributed by atoms with Crippen LogP contribution in [-0.2, 0) is 6.54 Å². The summed E-state index contributed by atoms with van der Waals surface area (Å²) < 4.78 is 6.62. The van der Waals surface area contributed by atoms with Crippen LogP contribution in [0.2, 0.25) is 0 Å². The van der Waals surface area contributed by atoms with Crippen LogP contribution in [0.15, 0.2) is 29.0 Å². The number of quaternary nitrogens is 1. The molecule has 5 nitrogen and oxygen atoms in total. The molecular formula is C15H19N4O+. The average molecular weight is 271 g/mol. The Kier molecular flexibility index (Phi) is 2.80. The van der Waals surface area contributed by atoms with Crippen LogP contribution < -0.4 is 0 Å². The quantitative estimate of drug-likeness (QED) is 0.804. The first-order valence-electron chi connectivity index (χ1n) is 7.41. The second-order valence-electron chi connectivity index (χ2n) is 6.15. The van der Waals surface area contributed by atoms with Gasteiger partial charge in [0.1, 0.15) is 0 Å². The SMILES string of the molecule is c1cc(-c2noc(C[N+]34CCC(CC3)CC4)n2)ccn1. The third-order valence-electron chi connectivity index (χ3n) is 4.91. The molecule has 3 fully saturated rings. The van der Waals surface area contributed by atoms with Crippen LogP contribution in [0, 0.1) is 5.92 Å². The molecule has 0 atom stereocenters. The number of rotatable bonds is 3. The van der Waals surface area contributed by atoms with Crippen molar-refractivity contribution in [3.05, 3.63) is 30.4 Å². The summed E-state index contributed by atoms with van der Waals surface area (Å²) in [7, 11) is 0. The third kappa shape index (κ3) is 2.12. The molecule has 3 aliphatic heterocycles. The number of nitrogens with zero attached hydrogens (tertiary/aromatic N) is 4. The molecule has 0 N–H and O–H groups in total. The Morgan fingerprint density at radius 2 is 1.80 bits per heavy atom. The Balaban J connectivity index is 1.54. The van der Waals surface area contributed by atoms with Crippen molar-refractivity contribution in [2.24, 2.45) is 5.92 Å². The minimum atomic E-state index is 0.674. The summed E-state index contributed by atoms with van der Waals surface area (Å²) in [5.41, 5.74) is 0.965. The van der Waals surface area contributed by atoms with Gasteiger partial charge in [0, 0.05) is 18.0 Å². The van der Waals surface area contributed by atoms with Crippen LogP contribution in [0.4, 0.5) is 0 Å².